The van der Waals surface area contributed by atoms with E-state index in [2.05, 4.69) is 15.5 Å². The molecule has 0 aliphatic heterocycles. The van der Waals surface area contributed by atoms with Crippen LogP contribution in [0.3, 0.4) is 0 Å². The minimum absolute atomic E-state index is 0.221. The second kappa shape index (κ2) is 11.4. The Bertz CT molecular complexity index is 1410. The zero-order chi connectivity index (χ0) is 25.5. The topological polar surface area (TPSA) is 93.6 Å². The van der Waals surface area contributed by atoms with Crippen LogP contribution in [0.1, 0.15) is 21.5 Å². The molecule has 0 fully saturated rings. The third kappa shape index (κ3) is 6.50. The summed E-state index contributed by atoms with van der Waals surface area (Å²) in [6.45, 7) is 0.857. The highest BCUT2D eigenvalue weighted by molar-refractivity contribution is 7.18. The fourth-order valence-corrected chi connectivity index (χ4v) is 4.30. The number of nitrogens with one attached hydrogen (secondary N) is 1. The molecule has 0 unspecified atom stereocenters. The normalized spacial score (nSPS) is 10.6. The molecule has 5 rings (SSSR count). The molecule has 1 aromatic heterocycles. The van der Waals surface area contributed by atoms with E-state index in [9.17, 15) is 4.79 Å². The minimum Gasteiger partial charge on any atom is -0.489 e. The fourth-order valence-electron chi connectivity index (χ4n) is 3.55. The molecule has 0 saturated heterocycles. The molecular formula is C29H23N3O4S. The van der Waals surface area contributed by atoms with E-state index in [1.807, 2.05) is 78.9 Å². The molecule has 5 aromatic rings. The Labute approximate surface area is 218 Å². The minimum atomic E-state index is -0.968. The fraction of sp³-hybridized carbons (Fsp3) is 0.0690. The highest BCUT2D eigenvalue weighted by Gasteiger charge is 2.12. The summed E-state index contributed by atoms with van der Waals surface area (Å²) >= 11 is 1.38. The predicted molar refractivity (Wildman–Crippen MR) is 144 cm³/mol. The van der Waals surface area contributed by atoms with Crippen LogP contribution in [-0.4, -0.2) is 21.3 Å². The number of anilines is 2. The molecule has 37 heavy (non-hydrogen) atoms. The summed E-state index contributed by atoms with van der Waals surface area (Å²) in [5.41, 5.74) is 3.89. The highest BCUT2D eigenvalue weighted by Crippen LogP contribution is 2.34. The van der Waals surface area contributed by atoms with Gasteiger partial charge in [-0.25, -0.2) is 4.79 Å². The maximum absolute atomic E-state index is 11.1. The lowest BCUT2D eigenvalue weighted by atomic mass is 10.2. The van der Waals surface area contributed by atoms with Crippen LogP contribution in [0.2, 0.25) is 0 Å². The maximum Gasteiger partial charge on any atom is 0.335 e. The largest absolute Gasteiger partial charge is 0.489 e. The summed E-state index contributed by atoms with van der Waals surface area (Å²) in [6.07, 6.45) is 0. The van der Waals surface area contributed by atoms with Gasteiger partial charge in [0.15, 0.2) is 0 Å². The first kappa shape index (κ1) is 24.0. The second-order valence-electron chi connectivity index (χ2n) is 8.16. The van der Waals surface area contributed by atoms with Crippen LogP contribution >= 0.6 is 11.3 Å². The molecule has 0 aliphatic carbocycles. The third-order valence-electron chi connectivity index (χ3n) is 5.43. The Morgan fingerprint density at radius 2 is 1.32 bits per heavy atom. The van der Waals surface area contributed by atoms with Gasteiger partial charge >= 0.3 is 5.97 Å². The number of ether oxygens (including phenoxy) is 2. The molecule has 4 aromatic carbocycles. The van der Waals surface area contributed by atoms with Gasteiger partial charge in [0.1, 0.15) is 29.7 Å². The first-order valence-corrected chi connectivity index (χ1v) is 12.4. The van der Waals surface area contributed by atoms with Crippen molar-refractivity contribution < 1.29 is 19.4 Å². The number of carboxylic acids is 1. The number of rotatable bonds is 10. The number of nitrogens with zero attached hydrogens (tertiary/aromatic N) is 2. The van der Waals surface area contributed by atoms with Crippen molar-refractivity contribution in [3.05, 3.63) is 120 Å². The van der Waals surface area contributed by atoms with Gasteiger partial charge < -0.3 is 19.9 Å². The van der Waals surface area contributed by atoms with E-state index in [0.717, 1.165) is 22.4 Å². The van der Waals surface area contributed by atoms with E-state index < -0.39 is 5.97 Å². The van der Waals surface area contributed by atoms with Crippen molar-refractivity contribution in [2.24, 2.45) is 0 Å². The van der Waals surface area contributed by atoms with Gasteiger partial charge in [-0.05, 0) is 47.5 Å². The van der Waals surface area contributed by atoms with Crippen LogP contribution in [0.5, 0.6) is 11.5 Å². The van der Waals surface area contributed by atoms with E-state index in [-0.39, 0.29) is 5.56 Å². The van der Waals surface area contributed by atoms with Gasteiger partial charge in [0.05, 0.1) is 5.56 Å². The SMILES string of the molecule is O=C(O)c1ccc(Nc2nnc(-c3cc(OCc4ccccc4)cc(OCc4ccccc4)c3)s2)cc1. The van der Waals surface area contributed by atoms with Gasteiger partial charge in [0, 0.05) is 17.3 Å². The van der Waals surface area contributed by atoms with Crippen molar-refractivity contribution in [1.82, 2.24) is 10.2 Å². The summed E-state index contributed by atoms with van der Waals surface area (Å²) in [7, 11) is 0. The lowest BCUT2D eigenvalue weighted by Gasteiger charge is -2.12. The average Bonchev–Trinajstić information content (AvgIpc) is 3.41. The Morgan fingerprint density at radius 1 is 0.757 bits per heavy atom. The molecule has 1 heterocycles. The molecule has 8 heteroatoms. The molecule has 184 valence electrons. The van der Waals surface area contributed by atoms with Crippen molar-refractivity contribution in [1.29, 1.82) is 0 Å². The van der Waals surface area contributed by atoms with Crippen molar-refractivity contribution in [3.8, 4) is 22.1 Å². The Morgan fingerprint density at radius 3 is 1.86 bits per heavy atom. The molecule has 0 bridgehead atoms. The van der Waals surface area contributed by atoms with E-state index in [1.165, 1.54) is 23.5 Å². The zero-order valence-electron chi connectivity index (χ0n) is 19.7. The van der Waals surface area contributed by atoms with Gasteiger partial charge in [-0.3, -0.25) is 0 Å². The Balaban J connectivity index is 1.36. The van der Waals surface area contributed by atoms with E-state index in [4.69, 9.17) is 14.6 Å². The van der Waals surface area contributed by atoms with Gasteiger partial charge in [-0.2, -0.15) is 0 Å². The lowest BCUT2D eigenvalue weighted by molar-refractivity contribution is 0.0697. The number of aromatic carboxylic acids is 1. The number of carboxylic acid groups (broad SMARTS) is 1. The lowest BCUT2D eigenvalue weighted by Crippen LogP contribution is -1.98. The predicted octanol–water partition coefficient (Wildman–Crippen LogP) is 6.80. The molecule has 0 radical (unpaired) electrons. The average molecular weight is 510 g/mol. The number of benzene rings is 4. The Hall–Kier alpha value is -4.69. The number of hydrogen-bond acceptors (Lipinski definition) is 7. The molecule has 2 N–H and O–H groups in total. The first-order valence-electron chi connectivity index (χ1n) is 11.6. The molecule has 0 aliphatic rings. The molecule has 0 spiro atoms. The summed E-state index contributed by atoms with van der Waals surface area (Å²) in [6, 6.07) is 32.1. The van der Waals surface area contributed by atoms with Crippen LogP contribution in [0.4, 0.5) is 10.8 Å². The summed E-state index contributed by atoms with van der Waals surface area (Å²) in [5, 5.41) is 22.1. The first-order chi connectivity index (χ1) is 18.1. The standard InChI is InChI=1S/C29H23N3O4S/c33-28(34)22-11-13-24(14-12-22)30-29-32-31-27(37-29)23-15-25(35-18-20-7-3-1-4-8-20)17-26(16-23)36-19-21-9-5-2-6-10-21/h1-17H,18-19H2,(H,30,32)(H,33,34). The zero-order valence-corrected chi connectivity index (χ0v) is 20.5. The monoisotopic (exact) mass is 509 g/mol. The second-order valence-corrected chi connectivity index (χ2v) is 9.14. The summed E-state index contributed by atoms with van der Waals surface area (Å²) in [5.74, 6) is 0.362. The maximum atomic E-state index is 11.1. The van der Waals surface area contributed by atoms with Crippen LogP contribution in [0.25, 0.3) is 10.6 Å². The molecular weight excluding hydrogens is 486 g/mol. The van der Waals surface area contributed by atoms with Crippen LogP contribution < -0.4 is 14.8 Å². The summed E-state index contributed by atoms with van der Waals surface area (Å²) < 4.78 is 12.2. The highest BCUT2D eigenvalue weighted by atomic mass is 32.1. The van der Waals surface area contributed by atoms with Crippen LogP contribution in [0, 0.1) is 0 Å². The van der Waals surface area contributed by atoms with Gasteiger partial charge in [-0.1, -0.05) is 72.0 Å². The molecule has 0 amide bonds. The van der Waals surface area contributed by atoms with Crippen molar-refractivity contribution in [2.45, 2.75) is 13.2 Å². The van der Waals surface area contributed by atoms with Gasteiger partial charge in [0.2, 0.25) is 5.13 Å². The Kier molecular flexibility index (Phi) is 7.38. The smallest absolute Gasteiger partial charge is 0.335 e. The van der Waals surface area contributed by atoms with Crippen molar-refractivity contribution in [3.63, 3.8) is 0 Å². The third-order valence-corrected chi connectivity index (χ3v) is 6.32. The van der Waals surface area contributed by atoms with Gasteiger partial charge in [-0.15, -0.1) is 10.2 Å². The van der Waals surface area contributed by atoms with Crippen molar-refractivity contribution in [2.75, 3.05) is 5.32 Å². The van der Waals surface area contributed by atoms with Gasteiger partial charge in [0.25, 0.3) is 0 Å². The molecule has 0 saturated carbocycles. The number of hydrogen-bond donors (Lipinski definition) is 2. The van der Waals surface area contributed by atoms with E-state index >= 15 is 0 Å². The number of aromatic nitrogens is 2. The van der Waals surface area contributed by atoms with Crippen LogP contribution in [-0.2, 0) is 13.2 Å². The van der Waals surface area contributed by atoms with E-state index in [1.54, 1.807) is 12.1 Å². The number of carbonyl (C=O) groups is 1. The van der Waals surface area contributed by atoms with Crippen molar-refractivity contribution >= 4 is 28.1 Å². The quantitative estimate of drug-likeness (QED) is 0.214. The van der Waals surface area contributed by atoms with E-state index in [0.29, 0.717) is 34.9 Å². The molecule has 7 nitrogen and oxygen atoms in total. The molecule has 0 atom stereocenters. The van der Waals surface area contributed by atoms with Crippen LogP contribution in [0.15, 0.2) is 103 Å². The summed E-state index contributed by atoms with van der Waals surface area (Å²) in [4.78, 5) is 11.1.